The van der Waals surface area contributed by atoms with Crippen LogP contribution in [0.5, 0.6) is 5.75 Å². The highest BCUT2D eigenvalue weighted by atomic mass is 19.1. The van der Waals surface area contributed by atoms with E-state index in [0.717, 1.165) is 24.9 Å². The first-order valence-electron chi connectivity index (χ1n) is 8.30. The summed E-state index contributed by atoms with van der Waals surface area (Å²) >= 11 is 0. The van der Waals surface area contributed by atoms with Gasteiger partial charge < -0.3 is 9.64 Å². The highest BCUT2D eigenvalue weighted by molar-refractivity contribution is 5.77. The number of hydrogen-bond acceptors (Lipinski definition) is 3. The Morgan fingerprint density at radius 3 is 3.08 bits per heavy atom. The average Bonchev–Trinajstić information content (AvgIpc) is 3.20. The monoisotopic (exact) mass is 331 g/mol. The van der Waals surface area contributed by atoms with Crippen LogP contribution < -0.4 is 4.74 Å². The van der Waals surface area contributed by atoms with E-state index in [0.29, 0.717) is 25.2 Å². The fourth-order valence-electron chi connectivity index (χ4n) is 3.14. The molecule has 5 nitrogen and oxygen atoms in total. The van der Waals surface area contributed by atoms with E-state index in [-0.39, 0.29) is 17.8 Å². The van der Waals surface area contributed by atoms with Gasteiger partial charge in [0.15, 0.2) is 0 Å². The van der Waals surface area contributed by atoms with Gasteiger partial charge in [0, 0.05) is 37.8 Å². The van der Waals surface area contributed by atoms with Gasteiger partial charge in [-0.25, -0.2) is 4.39 Å². The zero-order valence-corrected chi connectivity index (χ0v) is 13.8. The van der Waals surface area contributed by atoms with Gasteiger partial charge in [-0.3, -0.25) is 9.48 Å². The van der Waals surface area contributed by atoms with Crippen LogP contribution in [0.15, 0.2) is 36.7 Å². The van der Waals surface area contributed by atoms with Gasteiger partial charge in [0.2, 0.25) is 5.91 Å². The minimum absolute atomic E-state index is 0.135. The number of benzene rings is 1. The van der Waals surface area contributed by atoms with E-state index in [9.17, 15) is 9.18 Å². The maximum atomic E-state index is 13.1. The van der Waals surface area contributed by atoms with Gasteiger partial charge in [0.25, 0.3) is 0 Å². The number of hydrogen-bond donors (Lipinski definition) is 0. The number of amides is 1. The number of halogens is 1. The molecule has 128 valence electrons. The minimum atomic E-state index is -0.319. The summed E-state index contributed by atoms with van der Waals surface area (Å²) in [6.45, 7) is 1.20. The molecule has 1 atom stereocenters. The molecule has 0 unspecified atom stereocenters. The summed E-state index contributed by atoms with van der Waals surface area (Å²) in [6.07, 6.45) is 6.87. The summed E-state index contributed by atoms with van der Waals surface area (Å²) < 4.78 is 20.3. The van der Waals surface area contributed by atoms with E-state index < -0.39 is 0 Å². The van der Waals surface area contributed by atoms with Crippen molar-refractivity contribution in [2.45, 2.75) is 31.7 Å². The fourth-order valence-corrected chi connectivity index (χ4v) is 3.14. The molecule has 1 aromatic heterocycles. The van der Waals surface area contributed by atoms with Gasteiger partial charge in [-0.05, 0) is 31.4 Å². The number of aromatic nitrogens is 2. The summed E-state index contributed by atoms with van der Waals surface area (Å²) in [4.78, 5) is 14.4. The summed E-state index contributed by atoms with van der Waals surface area (Å²) in [7, 11) is 1.88. The van der Waals surface area contributed by atoms with Crippen molar-refractivity contribution < 1.29 is 13.9 Å². The topological polar surface area (TPSA) is 47.4 Å². The predicted octanol–water partition coefficient (Wildman–Crippen LogP) is 3.08. The number of nitrogens with zero attached hydrogens (tertiary/aromatic N) is 3. The lowest BCUT2D eigenvalue weighted by Gasteiger charge is -2.24. The number of carbonyl (C=O) groups is 1. The van der Waals surface area contributed by atoms with Gasteiger partial charge >= 0.3 is 0 Å². The van der Waals surface area contributed by atoms with Crippen molar-refractivity contribution in [3.05, 3.63) is 48.0 Å². The van der Waals surface area contributed by atoms with Gasteiger partial charge in [-0.15, -0.1) is 0 Å². The normalized spacial score (nSPS) is 17.2. The van der Waals surface area contributed by atoms with Gasteiger partial charge in [-0.1, -0.05) is 6.07 Å². The van der Waals surface area contributed by atoms with Crippen molar-refractivity contribution in [2.75, 3.05) is 13.2 Å². The first-order valence-corrected chi connectivity index (χ1v) is 8.30. The molecule has 1 aliphatic heterocycles. The number of ether oxygens (including phenoxy) is 1. The molecule has 1 aromatic carbocycles. The van der Waals surface area contributed by atoms with Crippen LogP contribution in [0.4, 0.5) is 4.39 Å². The Hall–Kier alpha value is -2.37. The lowest BCUT2D eigenvalue weighted by molar-refractivity contribution is -0.132. The summed E-state index contributed by atoms with van der Waals surface area (Å²) in [5.74, 6) is 0.320. The smallest absolute Gasteiger partial charge is 0.223 e. The minimum Gasteiger partial charge on any atom is -0.493 e. The Morgan fingerprint density at radius 2 is 2.33 bits per heavy atom. The maximum Gasteiger partial charge on any atom is 0.223 e. The number of carbonyl (C=O) groups excluding carboxylic acids is 1. The SMILES string of the molecule is Cn1cc([C@H]2CCCN2C(=O)CCCOc2cccc(F)c2)cn1. The molecule has 0 spiro atoms. The quantitative estimate of drug-likeness (QED) is 0.764. The lowest BCUT2D eigenvalue weighted by Crippen LogP contribution is -2.30. The zero-order chi connectivity index (χ0) is 16.9. The molecule has 1 saturated heterocycles. The number of rotatable bonds is 6. The Morgan fingerprint density at radius 1 is 1.46 bits per heavy atom. The summed E-state index contributed by atoms with van der Waals surface area (Å²) in [5.41, 5.74) is 1.10. The zero-order valence-electron chi connectivity index (χ0n) is 13.8. The first-order chi connectivity index (χ1) is 11.6. The van der Waals surface area contributed by atoms with Crippen LogP contribution in [0.25, 0.3) is 0 Å². The second kappa shape index (κ2) is 7.47. The third-order valence-corrected chi connectivity index (χ3v) is 4.28. The van der Waals surface area contributed by atoms with Crippen molar-refractivity contribution in [1.82, 2.24) is 14.7 Å². The van der Waals surface area contributed by atoms with Crippen LogP contribution >= 0.6 is 0 Å². The first kappa shape index (κ1) is 16.5. The van der Waals surface area contributed by atoms with E-state index >= 15 is 0 Å². The van der Waals surface area contributed by atoms with E-state index in [2.05, 4.69) is 5.10 Å². The number of likely N-dealkylation sites (tertiary alicyclic amines) is 1. The molecule has 24 heavy (non-hydrogen) atoms. The van der Waals surface area contributed by atoms with Crippen LogP contribution in [-0.2, 0) is 11.8 Å². The molecule has 0 saturated carbocycles. The maximum absolute atomic E-state index is 13.1. The lowest BCUT2D eigenvalue weighted by atomic mass is 10.1. The highest BCUT2D eigenvalue weighted by Crippen LogP contribution is 2.32. The molecule has 0 aliphatic carbocycles. The molecule has 2 heterocycles. The third kappa shape index (κ3) is 3.93. The molecule has 6 heteroatoms. The van der Waals surface area contributed by atoms with Crippen LogP contribution in [0.2, 0.25) is 0 Å². The van der Waals surface area contributed by atoms with Crippen LogP contribution in [0.3, 0.4) is 0 Å². The molecule has 0 N–H and O–H groups in total. The summed E-state index contributed by atoms with van der Waals surface area (Å²) in [6, 6.07) is 6.18. The van der Waals surface area contributed by atoms with Crippen molar-refractivity contribution in [1.29, 1.82) is 0 Å². The molecular formula is C18H22FN3O2. The molecule has 0 bridgehead atoms. The fraction of sp³-hybridized carbons (Fsp3) is 0.444. The van der Waals surface area contributed by atoms with E-state index in [1.807, 2.05) is 24.3 Å². The second-order valence-corrected chi connectivity index (χ2v) is 6.10. The Labute approximate surface area is 141 Å². The third-order valence-electron chi connectivity index (χ3n) is 4.28. The van der Waals surface area contributed by atoms with Crippen LogP contribution in [-0.4, -0.2) is 33.7 Å². The molecule has 3 rings (SSSR count). The standard InChI is InChI=1S/C18H22FN3O2/c1-21-13-14(12-20-21)17-7-3-9-22(17)18(23)8-4-10-24-16-6-2-5-15(19)11-16/h2,5-6,11-13,17H,3-4,7-10H2,1H3/t17-/m1/s1. The van der Waals surface area contributed by atoms with Crippen molar-refractivity contribution in [3.8, 4) is 5.75 Å². The highest BCUT2D eigenvalue weighted by Gasteiger charge is 2.30. The van der Waals surface area contributed by atoms with Crippen LogP contribution in [0.1, 0.15) is 37.3 Å². The second-order valence-electron chi connectivity index (χ2n) is 6.10. The molecule has 1 aliphatic rings. The van der Waals surface area contributed by atoms with Crippen molar-refractivity contribution in [3.63, 3.8) is 0 Å². The Bertz CT molecular complexity index is 701. The van der Waals surface area contributed by atoms with E-state index in [1.165, 1.54) is 12.1 Å². The Kier molecular flexibility index (Phi) is 5.13. The van der Waals surface area contributed by atoms with E-state index in [4.69, 9.17) is 4.74 Å². The van der Waals surface area contributed by atoms with E-state index in [1.54, 1.807) is 16.8 Å². The number of aryl methyl sites for hydroxylation is 1. The predicted molar refractivity (Wildman–Crippen MR) is 88.0 cm³/mol. The molecule has 1 amide bonds. The molecule has 0 radical (unpaired) electrons. The average molecular weight is 331 g/mol. The van der Waals surface area contributed by atoms with Gasteiger partial charge in [0.05, 0.1) is 18.8 Å². The molecule has 1 fully saturated rings. The molecular weight excluding hydrogens is 309 g/mol. The van der Waals surface area contributed by atoms with Gasteiger partial charge in [0.1, 0.15) is 11.6 Å². The Balaban J connectivity index is 1.47. The molecule has 2 aromatic rings. The largest absolute Gasteiger partial charge is 0.493 e. The van der Waals surface area contributed by atoms with Crippen molar-refractivity contribution in [2.24, 2.45) is 7.05 Å². The van der Waals surface area contributed by atoms with Gasteiger partial charge in [-0.2, -0.15) is 5.10 Å². The summed E-state index contributed by atoms with van der Waals surface area (Å²) in [5, 5.41) is 4.20. The van der Waals surface area contributed by atoms with Crippen molar-refractivity contribution >= 4 is 5.91 Å². The van der Waals surface area contributed by atoms with Crippen LogP contribution in [0, 0.1) is 5.82 Å².